The molecule has 2 aromatic carbocycles. The van der Waals surface area contributed by atoms with Gasteiger partial charge in [0.15, 0.2) is 5.13 Å². The fourth-order valence-corrected chi connectivity index (χ4v) is 3.45. The molecular formula is C18H13N3OS. The summed E-state index contributed by atoms with van der Waals surface area (Å²) in [6.45, 7) is 1.83. The van der Waals surface area contributed by atoms with Gasteiger partial charge < -0.3 is 0 Å². The molecule has 0 aliphatic rings. The minimum absolute atomic E-state index is 0.0814. The third-order valence-electron chi connectivity index (χ3n) is 3.70. The zero-order valence-corrected chi connectivity index (χ0v) is 13.2. The van der Waals surface area contributed by atoms with Crippen LogP contribution in [0.15, 0.2) is 64.8 Å². The average molecular weight is 319 g/mol. The number of para-hydroxylation sites is 1. The number of thiazole rings is 1. The number of fused-ring (bicyclic) bond motifs is 1. The second kappa shape index (κ2) is 5.44. The Labute approximate surface area is 136 Å². The first-order valence-corrected chi connectivity index (χ1v) is 8.12. The molecule has 0 N–H and O–H groups in total. The molecule has 0 aliphatic heterocycles. The van der Waals surface area contributed by atoms with Crippen molar-refractivity contribution in [1.82, 2.24) is 14.5 Å². The predicted octanol–water partition coefficient (Wildman–Crippen LogP) is 3.82. The lowest BCUT2D eigenvalue weighted by atomic mass is 10.2. The third kappa shape index (κ3) is 2.35. The van der Waals surface area contributed by atoms with Crippen LogP contribution in [0.2, 0.25) is 0 Å². The van der Waals surface area contributed by atoms with E-state index < -0.39 is 0 Å². The topological polar surface area (TPSA) is 47.8 Å². The van der Waals surface area contributed by atoms with Crippen molar-refractivity contribution in [3.05, 3.63) is 76.2 Å². The molecule has 112 valence electrons. The number of benzene rings is 2. The normalized spacial score (nSPS) is 11.0. The van der Waals surface area contributed by atoms with E-state index >= 15 is 0 Å². The lowest BCUT2D eigenvalue weighted by Crippen LogP contribution is -2.22. The standard InChI is InChI=1S/C18H13N3OS/c1-12-19-15-10-6-5-9-14(15)17(22)21(12)18-20-16(11-23-18)13-7-3-2-4-8-13/h2-11H,1H3. The van der Waals surface area contributed by atoms with Crippen LogP contribution < -0.4 is 5.56 Å². The summed E-state index contributed by atoms with van der Waals surface area (Å²) >= 11 is 1.45. The summed E-state index contributed by atoms with van der Waals surface area (Å²) in [5, 5.41) is 3.21. The zero-order valence-electron chi connectivity index (χ0n) is 12.4. The molecular weight excluding hydrogens is 306 g/mol. The minimum atomic E-state index is -0.0814. The van der Waals surface area contributed by atoms with Crippen LogP contribution in [0, 0.1) is 6.92 Å². The molecule has 0 unspecified atom stereocenters. The van der Waals surface area contributed by atoms with Crippen LogP contribution in [0.1, 0.15) is 5.82 Å². The highest BCUT2D eigenvalue weighted by Crippen LogP contribution is 2.24. The molecule has 0 amide bonds. The summed E-state index contributed by atoms with van der Waals surface area (Å²) in [6.07, 6.45) is 0. The average Bonchev–Trinajstić information content (AvgIpc) is 3.05. The van der Waals surface area contributed by atoms with Gasteiger partial charge >= 0.3 is 0 Å². The molecule has 0 fully saturated rings. The van der Waals surface area contributed by atoms with Gasteiger partial charge in [-0.3, -0.25) is 4.79 Å². The molecule has 23 heavy (non-hydrogen) atoms. The lowest BCUT2D eigenvalue weighted by molar-refractivity contribution is 0.885. The molecule has 4 rings (SSSR count). The Morgan fingerprint density at radius 1 is 0.957 bits per heavy atom. The SMILES string of the molecule is Cc1nc2ccccc2c(=O)n1-c1nc(-c2ccccc2)cs1. The first-order chi connectivity index (χ1) is 11.2. The van der Waals surface area contributed by atoms with E-state index in [-0.39, 0.29) is 5.56 Å². The zero-order chi connectivity index (χ0) is 15.8. The van der Waals surface area contributed by atoms with Gasteiger partial charge in [0, 0.05) is 10.9 Å². The van der Waals surface area contributed by atoms with Gasteiger partial charge in [-0.1, -0.05) is 42.5 Å². The molecule has 2 heterocycles. The van der Waals surface area contributed by atoms with E-state index in [0.717, 1.165) is 11.3 Å². The Hall–Kier alpha value is -2.79. The third-order valence-corrected chi connectivity index (χ3v) is 4.52. The number of hydrogen-bond donors (Lipinski definition) is 0. The van der Waals surface area contributed by atoms with Gasteiger partial charge in [-0.15, -0.1) is 11.3 Å². The summed E-state index contributed by atoms with van der Waals surface area (Å²) in [4.78, 5) is 21.9. The Bertz CT molecular complexity index is 1050. The van der Waals surface area contributed by atoms with Gasteiger partial charge in [0.2, 0.25) is 0 Å². The highest BCUT2D eigenvalue weighted by atomic mass is 32.1. The lowest BCUT2D eigenvalue weighted by Gasteiger charge is -2.07. The quantitative estimate of drug-likeness (QED) is 0.564. The number of hydrogen-bond acceptors (Lipinski definition) is 4. The van der Waals surface area contributed by atoms with Crippen LogP contribution in [0.5, 0.6) is 0 Å². The van der Waals surface area contributed by atoms with E-state index in [9.17, 15) is 4.79 Å². The van der Waals surface area contributed by atoms with E-state index in [4.69, 9.17) is 0 Å². The van der Waals surface area contributed by atoms with Crippen LogP contribution in [-0.2, 0) is 0 Å². The Morgan fingerprint density at radius 2 is 1.70 bits per heavy atom. The Balaban J connectivity index is 1.90. The first-order valence-electron chi connectivity index (χ1n) is 7.24. The molecule has 0 atom stereocenters. The number of aromatic nitrogens is 3. The van der Waals surface area contributed by atoms with E-state index in [1.807, 2.05) is 60.8 Å². The van der Waals surface area contributed by atoms with Crippen molar-refractivity contribution in [2.45, 2.75) is 6.92 Å². The van der Waals surface area contributed by atoms with Gasteiger partial charge in [-0.2, -0.15) is 0 Å². The van der Waals surface area contributed by atoms with E-state index in [1.54, 1.807) is 10.6 Å². The molecule has 0 bridgehead atoms. The molecule has 0 saturated heterocycles. The highest BCUT2D eigenvalue weighted by Gasteiger charge is 2.13. The summed E-state index contributed by atoms with van der Waals surface area (Å²) in [5.41, 5.74) is 2.53. The largest absolute Gasteiger partial charge is 0.268 e. The fraction of sp³-hybridized carbons (Fsp3) is 0.0556. The van der Waals surface area contributed by atoms with Crippen molar-refractivity contribution in [3.63, 3.8) is 0 Å². The van der Waals surface area contributed by atoms with Crippen LogP contribution in [0.3, 0.4) is 0 Å². The van der Waals surface area contributed by atoms with Crippen molar-refractivity contribution in [2.24, 2.45) is 0 Å². The van der Waals surface area contributed by atoms with Crippen LogP contribution in [0.25, 0.3) is 27.3 Å². The molecule has 0 radical (unpaired) electrons. The summed E-state index contributed by atoms with van der Waals surface area (Å²) in [5.74, 6) is 0.641. The van der Waals surface area contributed by atoms with Crippen LogP contribution in [0.4, 0.5) is 0 Å². The predicted molar refractivity (Wildman–Crippen MR) is 93.2 cm³/mol. The smallest absolute Gasteiger partial charge is 0.267 e. The molecule has 0 spiro atoms. The maximum absolute atomic E-state index is 12.8. The maximum atomic E-state index is 12.8. The van der Waals surface area contributed by atoms with E-state index in [2.05, 4.69) is 9.97 Å². The van der Waals surface area contributed by atoms with Gasteiger partial charge in [-0.05, 0) is 19.1 Å². The number of aryl methyl sites for hydroxylation is 1. The van der Waals surface area contributed by atoms with Crippen LogP contribution in [-0.4, -0.2) is 14.5 Å². The van der Waals surface area contributed by atoms with Crippen molar-refractivity contribution in [3.8, 4) is 16.4 Å². The second-order valence-electron chi connectivity index (χ2n) is 5.20. The van der Waals surface area contributed by atoms with Gasteiger partial charge in [0.1, 0.15) is 5.82 Å². The molecule has 2 aromatic heterocycles. The highest BCUT2D eigenvalue weighted by molar-refractivity contribution is 7.12. The summed E-state index contributed by atoms with van der Waals surface area (Å²) < 4.78 is 1.58. The number of nitrogens with zero attached hydrogens (tertiary/aromatic N) is 3. The Kier molecular flexibility index (Phi) is 3.28. The van der Waals surface area contributed by atoms with E-state index in [0.29, 0.717) is 21.9 Å². The molecule has 4 nitrogen and oxygen atoms in total. The molecule has 0 aliphatic carbocycles. The number of rotatable bonds is 2. The molecule has 4 aromatic rings. The summed E-state index contributed by atoms with van der Waals surface area (Å²) in [6, 6.07) is 17.3. The van der Waals surface area contributed by atoms with Crippen molar-refractivity contribution in [1.29, 1.82) is 0 Å². The Morgan fingerprint density at radius 3 is 2.52 bits per heavy atom. The molecule has 0 saturated carbocycles. The first kappa shape index (κ1) is 13.8. The van der Waals surface area contributed by atoms with Crippen LogP contribution >= 0.6 is 11.3 Å². The van der Waals surface area contributed by atoms with Crippen molar-refractivity contribution < 1.29 is 0 Å². The summed E-state index contributed by atoms with van der Waals surface area (Å²) in [7, 11) is 0. The molecule has 5 heteroatoms. The van der Waals surface area contributed by atoms with Gasteiger partial charge in [-0.25, -0.2) is 14.5 Å². The van der Waals surface area contributed by atoms with Crippen molar-refractivity contribution in [2.75, 3.05) is 0 Å². The second-order valence-corrected chi connectivity index (χ2v) is 6.03. The fourth-order valence-electron chi connectivity index (χ4n) is 2.58. The maximum Gasteiger partial charge on any atom is 0.267 e. The van der Waals surface area contributed by atoms with Crippen molar-refractivity contribution >= 4 is 22.2 Å². The monoisotopic (exact) mass is 319 g/mol. The minimum Gasteiger partial charge on any atom is -0.268 e. The van der Waals surface area contributed by atoms with Gasteiger partial charge in [0.25, 0.3) is 5.56 Å². The van der Waals surface area contributed by atoms with Gasteiger partial charge in [0.05, 0.1) is 16.6 Å². The van der Waals surface area contributed by atoms with E-state index in [1.165, 1.54) is 11.3 Å².